The van der Waals surface area contributed by atoms with Crippen LogP contribution in [0.25, 0.3) is 0 Å². The highest BCUT2D eigenvalue weighted by molar-refractivity contribution is 5.78. The number of carbonyl (C=O) groups is 1. The van der Waals surface area contributed by atoms with Crippen LogP contribution in [0.2, 0.25) is 0 Å². The Morgan fingerprint density at radius 2 is 1.89 bits per heavy atom. The molecule has 0 spiro atoms. The number of nitrogens with one attached hydrogen (secondary N) is 1. The van der Waals surface area contributed by atoms with E-state index in [-0.39, 0.29) is 18.6 Å². The number of amides is 1. The smallest absolute Gasteiger partial charge is 0.258 e. The molecule has 5 nitrogen and oxygen atoms in total. The highest BCUT2D eigenvalue weighted by atomic mass is 16.5. The third-order valence-corrected chi connectivity index (χ3v) is 5.22. The summed E-state index contributed by atoms with van der Waals surface area (Å²) in [6.07, 6.45) is 2.57. The highest BCUT2D eigenvalue weighted by Gasteiger charge is 2.17. The summed E-state index contributed by atoms with van der Waals surface area (Å²) in [7, 11) is 1.58. The van der Waals surface area contributed by atoms with Gasteiger partial charge in [-0.25, -0.2) is 0 Å². The van der Waals surface area contributed by atoms with E-state index in [4.69, 9.17) is 9.47 Å². The fourth-order valence-electron chi connectivity index (χ4n) is 3.65. The first-order valence-electron chi connectivity index (χ1n) is 9.97. The van der Waals surface area contributed by atoms with Crippen molar-refractivity contribution in [2.24, 2.45) is 5.92 Å². The van der Waals surface area contributed by atoms with Crippen LogP contribution in [0.1, 0.15) is 38.3 Å². The standard InChI is InChI=1S/C23H30N2O3/c1-17-7-6-14-25(15-17)20-12-10-19(11-13-20)18(2)24-23(26)16-28-22-9-5-4-8-21(22)27-3/h4-5,8-13,17-18H,6-7,14-16H2,1-3H3,(H,24,26)/t17-,18+/m0/s1. The van der Waals surface area contributed by atoms with Gasteiger partial charge in [-0.2, -0.15) is 0 Å². The summed E-state index contributed by atoms with van der Waals surface area (Å²) in [6, 6.07) is 15.7. The molecule has 0 saturated carbocycles. The molecule has 0 aliphatic carbocycles. The molecule has 0 radical (unpaired) electrons. The molecule has 150 valence electrons. The molecule has 1 aliphatic rings. The molecule has 1 fully saturated rings. The van der Waals surface area contributed by atoms with Crippen molar-refractivity contribution in [3.05, 3.63) is 54.1 Å². The Bertz CT molecular complexity index is 776. The molecule has 1 N–H and O–H groups in total. The van der Waals surface area contributed by atoms with Crippen LogP contribution in [0, 0.1) is 5.92 Å². The molecule has 1 heterocycles. The van der Waals surface area contributed by atoms with Crippen molar-refractivity contribution in [2.45, 2.75) is 32.7 Å². The third-order valence-electron chi connectivity index (χ3n) is 5.22. The van der Waals surface area contributed by atoms with Crippen molar-refractivity contribution in [1.29, 1.82) is 0 Å². The van der Waals surface area contributed by atoms with Crippen molar-refractivity contribution in [3.63, 3.8) is 0 Å². The van der Waals surface area contributed by atoms with Gasteiger partial charge in [0.2, 0.25) is 0 Å². The van der Waals surface area contributed by atoms with Gasteiger partial charge in [0.25, 0.3) is 5.91 Å². The zero-order chi connectivity index (χ0) is 19.9. The molecular formula is C23H30N2O3. The van der Waals surface area contributed by atoms with Gasteiger partial charge in [-0.1, -0.05) is 31.2 Å². The minimum absolute atomic E-state index is 0.0472. The van der Waals surface area contributed by atoms with E-state index in [1.807, 2.05) is 19.1 Å². The van der Waals surface area contributed by atoms with E-state index in [9.17, 15) is 4.79 Å². The lowest BCUT2D eigenvalue weighted by Gasteiger charge is -2.33. The van der Waals surface area contributed by atoms with Gasteiger partial charge in [0.15, 0.2) is 18.1 Å². The summed E-state index contributed by atoms with van der Waals surface area (Å²) in [5, 5.41) is 2.99. The van der Waals surface area contributed by atoms with Gasteiger partial charge in [0.05, 0.1) is 13.2 Å². The quantitative estimate of drug-likeness (QED) is 0.780. The maximum absolute atomic E-state index is 12.3. The van der Waals surface area contributed by atoms with Gasteiger partial charge < -0.3 is 19.7 Å². The number of hydrogen-bond donors (Lipinski definition) is 1. The summed E-state index contributed by atoms with van der Waals surface area (Å²) in [5.74, 6) is 1.76. The van der Waals surface area contributed by atoms with Gasteiger partial charge in [-0.05, 0) is 55.5 Å². The Morgan fingerprint density at radius 1 is 1.18 bits per heavy atom. The number of piperidine rings is 1. The molecule has 3 rings (SSSR count). The van der Waals surface area contributed by atoms with Gasteiger partial charge in [0, 0.05) is 18.8 Å². The predicted octanol–water partition coefficient (Wildman–Crippen LogP) is 4.19. The molecule has 5 heteroatoms. The van der Waals surface area contributed by atoms with Crippen LogP contribution < -0.4 is 19.7 Å². The van der Waals surface area contributed by atoms with E-state index in [0.29, 0.717) is 11.5 Å². The average Bonchev–Trinajstić information content (AvgIpc) is 2.72. The number of anilines is 1. The van der Waals surface area contributed by atoms with E-state index in [1.54, 1.807) is 19.2 Å². The van der Waals surface area contributed by atoms with Crippen LogP contribution in [0.4, 0.5) is 5.69 Å². The van der Waals surface area contributed by atoms with E-state index in [2.05, 4.69) is 41.4 Å². The van der Waals surface area contributed by atoms with E-state index < -0.39 is 0 Å². The minimum Gasteiger partial charge on any atom is -0.493 e. The first kappa shape index (κ1) is 20.1. The maximum Gasteiger partial charge on any atom is 0.258 e. The molecule has 0 unspecified atom stereocenters. The van der Waals surface area contributed by atoms with Crippen molar-refractivity contribution in [3.8, 4) is 11.5 Å². The highest BCUT2D eigenvalue weighted by Crippen LogP contribution is 2.26. The van der Waals surface area contributed by atoms with Gasteiger partial charge in [-0.15, -0.1) is 0 Å². The van der Waals surface area contributed by atoms with Crippen LogP contribution in [0.5, 0.6) is 11.5 Å². The summed E-state index contributed by atoms with van der Waals surface area (Å²) >= 11 is 0. The van der Waals surface area contributed by atoms with Crippen LogP contribution >= 0.6 is 0 Å². The Morgan fingerprint density at radius 3 is 2.57 bits per heavy atom. The normalized spacial score (nSPS) is 17.7. The second-order valence-corrected chi connectivity index (χ2v) is 7.51. The largest absolute Gasteiger partial charge is 0.493 e. The number of hydrogen-bond acceptors (Lipinski definition) is 4. The molecule has 2 atom stereocenters. The summed E-state index contributed by atoms with van der Waals surface area (Å²) in [5.41, 5.74) is 2.34. The molecule has 1 saturated heterocycles. The molecule has 2 aromatic rings. The molecular weight excluding hydrogens is 352 g/mol. The first-order valence-corrected chi connectivity index (χ1v) is 9.97. The molecule has 1 aliphatic heterocycles. The Labute approximate surface area is 167 Å². The molecule has 2 aromatic carbocycles. The molecule has 0 aromatic heterocycles. The number of rotatable bonds is 7. The van der Waals surface area contributed by atoms with E-state index in [0.717, 1.165) is 24.6 Å². The van der Waals surface area contributed by atoms with Gasteiger partial charge in [0.1, 0.15) is 0 Å². The lowest BCUT2D eigenvalue weighted by atomic mass is 9.99. The number of para-hydroxylation sites is 2. The second kappa shape index (κ2) is 9.49. The lowest BCUT2D eigenvalue weighted by Crippen LogP contribution is -2.34. The van der Waals surface area contributed by atoms with Crippen LogP contribution in [0.3, 0.4) is 0 Å². The fraction of sp³-hybridized carbons (Fsp3) is 0.435. The van der Waals surface area contributed by atoms with E-state index >= 15 is 0 Å². The van der Waals surface area contributed by atoms with Crippen LogP contribution in [0.15, 0.2) is 48.5 Å². The predicted molar refractivity (Wildman–Crippen MR) is 112 cm³/mol. The monoisotopic (exact) mass is 382 g/mol. The van der Waals surface area contributed by atoms with Gasteiger partial charge in [-0.3, -0.25) is 4.79 Å². The summed E-state index contributed by atoms with van der Waals surface area (Å²) in [4.78, 5) is 14.7. The van der Waals surface area contributed by atoms with E-state index in [1.165, 1.54) is 18.5 Å². The van der Waals surface area contributed by atoms with Crippen molar-refractivity contribution >= 4 is 11.6 Å². The molecule has 28 heavy (non-hydrogen) atoms. The number of ether oxygens (including phenoxy) is 2. The number of methoxy groups -OCH3 is 1. The fourth-order valence-corrected chi connectivity index (χ4v) is 3.65. The summed E-state index contributed by atoms with van der Waals surface area (Å²) < 4.78 is 10.8. The first-order chi connectivity index (χ1) is 13.6. The zero-order valence-corrected chi connectivity index (χ0v) is 17.0. The van der Waals surface area contributed by atoms with Crippen LogP contribution in [-0.2, 0) is 4.79 Å². The van der Waals surface area contributed by atoms with Crippen LogP contribution in [-0.4, -0.2) is 32.7 Å². The van der Waals surface area contributed by atoms with Crippen molar-refractivity contribution in [2.75, 3.05) is 31.7 Å². The van der Waals surface area contributed by atoms with Crippen molar-refractivity contribution in [1.82, 2.24) is 5.32 Å². The maximum atomic E-state index is 12.3. The summed E-state index contributed by atoms with van der Waals surface area (Å²) in [6.45, 7) is 6.49. The number of carbonyl (C=O) groups excluding carboxylic acids is 1. The molecule has 0 bridgehead atoms. The lowest BCUT2D eigenvalue weighted by molar-refractivity contribution is -0.123. The Balaban J connectivity index is 1.52. The zero-order valence-electron chi connectivity index (χ0n) is 17.0. The minimum atomic E-state index is -0.160. The third kappa shape index (κ3) is 5.18. The molecule has 1 amide bonds. The Hall–Kier alpha value is -2.69. The van der Waals surface area contributed by atoms with Crippen molar-refractivity contribution < 1.29 is 14.3 Å². The average molecular weight is 383 g/mol. The Kier molecular flexibility index (Phi) is 6.80. The second-order valence-electron chi connectivity index (χ2n) is 7.51. The topological polar surface area (TPSA) is 50.8 Å². The number of nitrogens with zero attached hydrogens (tertiary/aromatic N) is 1. The van der Waals surface area contributed by atoms with Gasteiger partial charge >= 0.3 is 0 Å². The number of benzene rings is 2. The SMILES string of the molecule is COc1ccccc1OCC(=O)N[C@H](C)c1ccc(N2CCC[C@H](C)C2)cc1.